The third-order valence-corrected chi connectivity index (χ3v) is 4.99. The zero-order valence-electron chi connectivity index (χ0n) is 15.6. The second kappa shape index (κ2) is 6.88. The topological polar surface area (TPSA) is 71.8 Å². The van der Waals surface area contributed by atoms with Crippen LogP contribution in [0.15, 0.2) is 71.3 Å². The SMILES string of the molecule is COc1ccccc1NC(=O)[C@@]1(c2ccco2)CC(=O)N1c1ccc(C)cc1. The van der Waals surface area contributed by atoms with E-state index in [0.29, 0.717) is 22.9 Å². The van der Waals surface area contributed by atoms with E-state index < -0.39 is 5.54 Å². The molecule has 6 heteroatoms. The number of para-hydroxylation sites is 2. The number of β-lactam (4-membered cyclic amide) rings is 1. The highest BCUT2D eigenvalue weighted by Crippen LogP contribution is 2.46. The van der Waals surface area contributed by atoms with Gasteiger partial charge in [0.2, 0.25) is 5.91 Å². The number of methoxy groups -OCH3 is 1. The Labute approximate surface area is 162 Å². The molecule has 1 fully saturated rings. The molecule has 4 rings (SSSR count). The molecule has 3 aromatic rings. The number of amides is 2. The minimum atomic E-state index is -1.25. The van der Waals surface area contributed by atoms with Crippen LogP contribution in [0.2, 0.25) is 0 Å². The van der Waals surface area contributed by atoms with Crippen LogP contribution in [-0.4, -0.2) is 18.9 Å². The Kier molecular flexibility index (Phi) is 4.39. The van der Waals surface area contributed by atoms with Gasteiger partial charge < -0.3 is 14.5 Å². The van der Waals surface area contributed by atoms with Crippen LogP contribution >= 0.6 is 0 Å². The third kappa shape index (κ3) is 2.74. The second-order valence-corrected chi connectivity index (χ2v) is 6.73. The summed E-state index contributed by atoms with van der Waals surface area (Å²) in [6, 6.07) is 18.1. The minimum absolute atomic E-state index is 0.0232. The highest BCUT2D eigenvalue weighted by atomic mass is 16.5. The Hall–Kier alpha value is -3.54. The lowest BCUT2D eigenvalue weighted by molar-refractivity contribution is -0.138. The molecule has 0 aliphatic carbocycles. The Morgan fingerprint density at radius 1 is 1.11 bits per heavy atom. The number of carbonyl (C=O) groups is 2. The van der Waals surface area contributed by atoms with E-state index in [0.717, 1.165) is 5.56 Å². The zero-order valence-corrected chi connectivity index (χ0v) is 15.6. The smallest absolute Gasteiger partial charge is 0.259 e. The lowest BCUT2D eigenvalue weighted by Crippen LogP contribution is -2.67. The molecule has 0 saturated carbocycles. The van der Waals surface area contributed by atoms with Gasteiger partial charge in [-0.3, -0.25) is 14.5 Å². The Morgan fingerprint density at radius 2 is 1.86 bits per heavy atom. The second-order valence-electron chi connectivity index (χ2n) is 6.73. The molecule has 1 aliphatic heterocycles. The molecule has 6 nitrogen and oxygen atoms in total. The lowest BCUT2D eigenvalue weighted by atomic mass is 9.79. The van der Waals surface area contributed by atoms with E-state index in [4.69, 9.17) is 9.15 Å². The summed E-state index contributed by atoms with van der Waals surface area (Å²) in [5.74, 6) is 0.459. The van der Waals surface area contributed by atoms with Gasteiger partial charge in [0.05, 0.1) is 25.5 Å². The van der Waals surface area contributed by atoms with Crippen LogP contribution in [0.5, 0.6) is 5.75 Å². The molecule has 0 bridgehead atoms. The van der Waals surface area contributed by atoms with Crippen molar-refractivity contribution < 1.29 is 18.7 Å². The molecular weight excluding hydrogens is 356 g/mol. The number of hydrogen-bond acceptors (Lipinski definition) is 4. The number of nitrogens with one attached hydrogen (secondary N) is 1. The maximum atomic E-state index is 13.5. The number of furan rings is 1. The fourth-order valence-corrected chi connectivity index (χ4v) is 3.54. The molecule has 1 aliphatic rings. The zero-order chi connectivity index (χ0) is 19.7. The third-order valence-electron chi connectivity index (χ3n) is 4.99. The summed E-state index contributed by atoms with van der Waals surface area (Å²) in [5, 5.41) is 2.91. The standard InChI is InChI=1S/C22H20N2O4/c1-15-9-11-16(12-10-15)24-20(25)14-22(24,19-8-5-13-28-19)21(26)23-17-6-3-4-7-18(17)27-2/h3-13H,14H2,1-2H3,(H,23,26)/t22-/m0/s1. The van der Waals surface area contributed by atoms with Crippen molar-refractivity contribution in [1.29, 1.82) is 0 Å². The van der Waals surface area contributed by atoms with Crippen molar-refractivity contribution in [1.82, 2.24) is 0 Å². The van der Waals surface area contributed by atoms with Gasteiger partial charge in [0, 0.05) is 5.69 Å². The summed E-state index contributed by atoms with van der Waals surface area (Å²) >= 11 is 0. The Morgan fingerprint density at radius 3 is 2.50 bits per heavy atom. The Balaban J connectivity index is 1.76. The van der Waals surface area contributed by atoms with Crippen LogP contribution in [0.3, 0.4) is 0 Å². The number of benzene rings is 2. The van der Waals surface area contributed by atoms with Gasteiger partial charge in [-0.05, 0) is 43.3 Å². The number of nitrogens with zero attached hydrogens (tertiary/aromatic N) is 1. The largest absolute Gasteiger partial charge is 0.495 e. The van der Waals surface area contributed by atoms with Gasteiger partial charge in [0.15, 0.2) is 5.54 Å². The normalized spacial score (nSPS) is 18.5. The molecule has 28 heavy (non-hydrogen) atoms. The van der Waals surface area contributed by atoms with E-state index in [1.54, 1.807) is 37.4 Å². The van der Waals surface area contributed by atoms with E-state index in [-0.39, 0.29) is 18.2 Å². The molecule has 0 spiro atoms. The number of aryl methyl sites for hydroxylation is 1. The maximum Gasteiger partial charge on any atom is 0.259 e. The predicted molar refractivity (Wildman–Crippen MR) is 105 cm³/mol. The van der Waals surface area contributed by atoms with Gasteiger partial charge in [0.25, 0.3) is 5.91 Å². The lowest BCUT2D eigenvalue weighted by Gasteiger charge is -2.49. The first-order valence-electron chi connectivity index (χ1n) is 8.94. The van der Waals surface area contributed by atoms with Gasteiger partial charge in [-0.15, -0.1) is 0 Å². The summed E-state index contributed by atoms with van der Waals surface area (Å²) < 4.78 is 10.9. The maximum absolute atomic E-state index is 13.5. The predicted octanol–water partition coefficient (Wildman–Crippen LogP) is 3.87. The number of carbonyl (C=O) groups excluding carboxylic acids is 2. The molecule has 1 atom stereocenters. The van der Waals surface area contributed by atoms with Crippen molar-refractivity contribution in [2.45, 2.75) is 18.9 Å². The molecule has 0 unspecified atom stereocenters. The van der Waals surface area contributed by atoms with Crippen LogP contribution in [-0.2, 0) is 15.1 Å². The van der Waals surface area contributed by atoms with Crippen molar-refractivity contribution in [3.63, 3.8) is 0 Å². The Bertz CT molecular complexity index is 1010. The van der Waals surface area contributed by atoms with Gasteiger partial charge in [0.1, 0.15) is 11.5 Å². The quantitative estimate of drug-likeness (QED) is 0.686. The number of ether oxygens (including phenoxy) is 1. The van der Waals surface area contributed by atoms with Crippen molar-refractivity contribution in [3.05, 3.63) is 78.3 Å². The van der Waals surface area contributed by atoms with Crippen molar-refractivity contribution >= 4 is 23.2 Å². The average molecular weight is 376 g/mol. The van der Waals surface area contributed by atoms with Gasteiger partial charge in [-0.2, -0.15) is 0 Å². The fourth-order valence-electron chi connectivity index (χ4n) is 3.54. The molecule has 1 aromatic heterocycles. The van der Waals surface area contributed by atoms with Crippen LogP contribution < -0.4 is 15.0 Å². The van der Waals surface area contributed by atoms with Crippen molar-refractivity contribution in [2.75, 3.05) is 17.3 Å². The fraction of sp³-hybridized carbons (Fsp3) is 0.182. The number of anilines is 2. The van der Waals surface area contributed by atoms with Crippen molar-refractivity contribution in [3.8, 4) is 5.75 Å². The number of rotatable bonds is 5. The molecule has 0 radical (unpaired) electrons. The first-order chi connectivity index (χ1) is 13.6. The monoisotopic (exact) mass is 376 g/mol. The van der Waals surface area contributed by atoms with Gasteiger partial charge in [-0.25, -0.2) is 0 Å². The summed E-state index contributed by atoms with van der Waals surface area (Å²) in [4.78, 5) is 27.5. The van der Waals surface area contributed by atoms with Gasteiger partial charge >= 0.3 is 0 Å². The van der Waals surface area contributed by atoms with E-state index in [9.17, 15) is 9.59 Å². The van der Waals surface area contributed by atoms with E-state index in [2.05, 4.69) is 5.32 Å². The van der Waals surface area contributed by atoms with Crippen LogP contribution in [0.25, 0.3) is 0 Å². The summed E-state index contributed by atoms with van der Waals surface area (Å²) in [6.07, 6.45) is 1.53. The first kappa shape index (κ1) is 17.9. The molecule has 1 saturated heterocycles. The molecule has 142 valence electrons. The van der Waals surface area contributed by atoms with E-state index >= 15 is 0 Å². The van der Waals surface area contributed by atoms with Crippen molar-refractivity contribution in [2.24, 2.45) is 0 Å². The molecule has 2 amide bonds. The highest BCUT2D eigenvalue weighted by molar-refractivity contribution is 6.16. The van der Waals surface area contributed by atoms with E-state index in [1.165, 1.54) is 11.2 Å². The summed E-state index contributed by atoms with van der Waals surface area (Å²) in [5.41, 5.74) is 0.993. The summed E-state index contributed by atoms with van der Waals surface area (Å²) in [7, 11) is 1.54. The molecule has 2 heterocycles. The summed E-state index contributed by atoms with van der Waals surface area (Å²) in [6.45, 7) is 1.97. The van der Waals surface area contributed by atoms with E-state index in [1.807, 2.05) is 37.3 Å². The molecule has 2 aromatic carbocycles. The first-order valence-corrected chi connectivity index (χ1v) is 8.94. The van der Waals surface area contributed by atoms with Crippen LogP contribution in [0, 0.1) is 6.92 Å². The molecule has 1 N–H and O–H groups in total. The van der Waals surface area contributed by atoms with Crippen LogP contribution in [0.1, 0.15) is 17.7 Å². The van der Waals surface area contributed by atoms with Gasteiger partial charge in [-0.1, -0.05) is 29.8 Å². The highest BCUT2D eigenvalue weighted by Gasteiger charge is 2.60. The molecular formula is C22H20N2O4. The average Bonchev–Trinajstić information content (AvgIpc) is 3.22. The van der Waals surface area contributed by atoms with Crippen LogP contribution in [0.4, 0.5) is 11.4 Å². The number of hydrogen-bond donors (Lipinski definition) is 1. The minimum Gasteiger partial charge on any atom is -0.495 e.